The van der Waals surface area contributed by atoms with Gasteiger partial charge in [-0.05, 0) is 42.7 Å². The molecule has 0 fully saturated rings. The minimum Gasteiger partial charge on any atom is -0.406 e. The normalized spacial score (nSPS) is 12.8. The summed E-state index contributed by atoms with van der Waals surface area (Å²) in [6.07, 6.45) is -3.22. The van der Waals surface area contributed by atoms with Crippen LogP contribution in [0.2, 0.25) is 0 Å². The van der Waals surface area contributed by atoms with Crippen molar-refractivity contribution < 1.29 is 17.9 Å². The lowest BCUT2D eigenvalue weighted by Crippen LogP contribution is -2.16. The third kappa shape index (κ3) is 4.82. The van der Waals surface area contributed by atoms with E-state index in [4.69, 9.17) is 5.73 Å². The Bertz CT molecular complexity index is 832. The average molecular weight is 362 g/mol. The quantitative estimate of drug-likeness (QED) is 0.695. The van der Waals surface area contributed by atoms with Crippen LogP contribution in [0.5, 0.6) is 5.75 Å². The summed E-state index contributed by atoms with van der Waals surface area (Å²) in [5.41, 5.74) is 7.90. The van der Waals surface area contributed by atoms with Gasteiger partial charge in [-0.2, -0.15) is 5.10 Å². The number of halogens is 3. The number of aryl methyl sites for hydroxylation is 1. The van der Waals surface area contributed by atoms with Gasteiger partial charge in [0, 0.05) is 5.56 Å². The van der Waals surface area contributed by atoms with E-state index in [1.807, 2.05) is 30.3 Å². The summed E-state index contributed by atoms with van der Waals surface area (Å²) in [4.78, 5) is 4.34. The van der Waals surface area contributed by atoms with Crippen molar-refractivity contribution >= 4 is 0 Å². The van der Waals surface area contributed by atoms with Crippen molar-refractivity contribution in [1.29, 1.82) is 0 Å². The van der Waals surface area contributed by atoms with Gasteiger partial charge in [0.1, 0.15) is 11.6 Å². The highest BCUT2D eigenvalue weighted by Gasteiger charge is 2.31. The van der Waals surface area contributed by atoms with Crippen LogP contribution in [-0.2, 0) is 6.42 Å². The molecule has 0 aliphatic heterocycles. The molecule has 26 heavy (non-hydrogen) atoms. The number of hydrogen-bond donors (Lipinski definition) is 2. The Labute approximate surface area is 148 Å². The summed E-state index contributed by atoms with van der Waals surface area (Å²) in [5.74, 6) is 0.608. The Kier molecular flexibility index (Phi) is 5.22. The summed E-state index contributed by atoms with van der Waals surface area (Å²) >= 11 is 0. The maximum absolute atomic E-state index is 12.2. The highest BCUT2D eigenvalue weighted by atomic mass is 19.4. The van der Waals surface area contributed by atoms with Crippen molar-refractivity contribution in [1.82, 2.24) is 15.2 Å². The first kappa shape index (κ1) is 17.9. The molecule has 0 bridgehead atoms. The van der Waals surface area contributed by atoms with Gasteiger partial charge >= 0.3 is 6.36 Å². The van der Waals surface area contributed by atoms with Crippen LogP contribution in [0.15, 0.2) is 54.6 Å². The smallest absolute Gasteiger partial charge is 0.406 e. The highest BCUT2D eigenvalue weighted by Crippen LogP contribution is 2.25. The number of benzene rings is 2. The number of alkyl halides is 3. The number of ether oxygens (including phenoxy) is 1. The molecule has 8 heteroatoms. The molecule has 136 valence electrons. The molecule has 0 spiro atoms. The van der Waals surface area contributed by atoms with E-state index in [0.29, 0.717) is 23.6 Å². The molecule has 3 N–H and O–H groups in total. The van der Waals surface area contributed by atoms with Gasteiger partial charge in [0.15, 0.2) is 5.82 Å². The first-order chi connectivity index (χ1) is 12.4. The zero-order valence-electron chi connectivity index (χ0n) is 13.7. The SMILES string of the molecule is N[C@H](CCc1ccccc1)c1nc(-c2ccc(OC(F)(F)F)cc2)n[nH]1. The van der Waals surface area contributed by atoms with E-state index in [1.165, 1.54) is 29.8 Å². The lowest BCUT2D eigenvalue weighted by Gasteiger charge is -2.08. The summed E-state index contributed by atoms with van der Waals surface area (Å²) in [6, 6.07) is 15.0. The first-order valence-corrected chi connectivity index (χ1v) is 7.99. The fraction of sp³-hybridized carbons (Fsp3) is 0.222. The maximum Gasteiger partial charge on any atom is 0.573 e. The Morgan fingerprint density at radius 2 is 1.73 bits per heavy atom. The molecule has 0 aliphatic carbocycles. The lowest BCUT2D eigenvalue weighted by molar-refractivity contribution is -0.274. The number of nitrogens with two attached hydrogens (primary N) is 1. The van der Waals surface area contributed by atoms with Gasteiger partial charge in [-0.15, -0.1) is 13.2 Å². The molecule has 2 aromatic carbocycles. The molecule has 1 aromatic heterocycles. The van der Waals surface area contributed by atoms with Crippen LogP contribution < -0.4 is 10.5 Å². The molecule has 0 radical (unpaired) electrons. The molecule has 3 rings (SSSR count). The third-order valence-electron chi connectivity index (χ3n) is 3.79. The van der Waals surface area contributed by atoms with Crippen molar-refractivity contribution in [2.75, 3.05) is 0 Å². The zero-order chi connectivity index (χ0) is 18.6. The van der Waals surface area contributed by atoms with E-state index in [2.05, 4.69) is 19.9 Å². The molecule has 0 aliphatic rings. The van der Waals surface area contributed by atoms with Crippen molar-refractivity contribution in [3.8, 4) is 17.1 Å². The third-order valence-corrected chi connectivity index (χ3v) is 3.79. The van der Waals surface area contributed by atoms with Crippen LogP contribution in [0.4, 0.5) is 13.2 Å². The molecule has 0 saturated carbocycles. The van der Waals surface area contributed by atoms with E-state index in [1.54, 1.807) is 0 Å². The summed E-state index contributed by atoms with van der Waals surface area (Å²) < 4.78 is 40.4. The van der Waals surface area contributed by atoms with Crippen molar-refractivity contribution in [3.05, 3.63) is 66.0 Å². The largest absolute Gasteiger partial charge is 0.573 e. The molecule has 1 heterocycles. The molecule has 0 amide bonds. The number of H-pyrrole nitrogens is 1. The van der Waals surface area contributed by atoms with Crippen LogP contribution in [0.25, 0.3) is 11.4 Å². The number of nitrogens with one attached hydrogen (secondary N) is 1. The minimum atomic E-state index is -4.72. The van der Waals surface area contributed by atoms with Gasteiger partial charge in [-0.1, -0.05) is 30.3 Å². The van der Waals surface area contributed by atoms with Crippen LogP contribution in [0.3, 0.4) is 0 Å². The predicted molar refractivity (Wildman–Crippen MR) is 90.2 cm³/mol. The fourth-order valence-corrected chi connectivity index (χ4v) is 2.48. The van der Waals surface area contributed by atoms with Crippen LogP contribution in [0, 0.1) is 0 Å². The van der Waals surface area contributed by atoms with Gasteiger partial charge < -0.3 is 10.5 Å². The number of hydrogen-bond acceptors (Lipinski definition) is 4. The number of aromatic amines is 1. The zero-order valence-corrected chi connectivity index (χ0v) is 13.7. The molecular weight excluding hydrogens is 345 g/mol. The molecular formula is C18H17F3N4O. The second-order valence-corrected chi connectivity index (χ2v) is 5.75. The second kappa shape index (κ2) is 7.57. The Hall–Kier alpha value is -2.87. The Morgan fingerprint density at radius 3 is 2.38 bits per heavy atom. The van der Waals surface area contributed by atoms with Gasteiger partial charge in [0.05, 0.1) is 6.04 Å². The Balaban J connectivity index is 1.63. The fourth-order valence-electron chi connectivity index (χ4n) is 2.48. The number of rotatable bonds is 6. The van der Waals surface area contributed by atoms with Gasteiger partial charge in [-0.25, -0.2) is 4.98 Å². The van der Waals surface area contributed by atoms with Crippen LogP contribution in [0.1, 0.15) is 23.9 Å². The number of aromatic nitrogens is 3. The summed E-state index contributed by atoms with van der Waals surface area (Å²) in [5, 5.41) is 6.88. The average Bonchev–Trinajstić information content (AvgIpc) is 3.10. The van der Waals surface area contributed by atoms with Gasteiger partial charge in [0.2, 0.25) is 0 Å². The van der Waals surface area contributed by atoms with Crippen molar-refractivity contribution in [2.24, 2.45) is 5.73 Å². The standard InChI is InChI=1S/C18H17F3N4O/c19-18(20,21)26-14-9-7-13(8-10-14)16-23-17(25-24-16)15(22)11-6-12-4-2-1-3-5-12/h1-5,7-10,15H,6,11,22H2,(H,23,24,25)/t15-/m1/s1. The van der Waals surface area contributed by atoms with Crippen LogP contribution in [-0.4, -0.2) is 21.5 Å². The van der Waals surface area contributed by atoms with Crippen molar-refractivity contribution in [3.63, 3.8) is 0 Å². The van der Waals surface area contributed by atoms with Gasteiger partial charge in [-0.3, -0.25) is 5.10 Å². The van der Waals surface area contributed by atoms with Crippen molar-refractivity contribution in [2.45, 2.75) is 25.2 Å². The molecule has 5 nitrogen and oxygen atoms in total. The predicted octanol–water partition coefficient (Wildman–Crippen LogP) is 4.00. The van der Waals surface area contributed by atoms with E-state index in [-0.39, 0.29) is 11.8 Å². The van der Waals surface area contributed by atoms with E-state index < -0.39 is 6.36 Å². The summed E-state index contributed by atoms with van der Waals surface area (Å²) in [7, 11) is 0. The van der Waals surface area contributed by atoms with Crippen LogP contribution >= 0.6 is 0 Å². The van der Waals surface area contributed by atoms with Gasteiger partial charge in [0.25, 0.3) is 0 Å². The molecule has 1 atom stereocenters. The lowest BCUT2D eigenvalue weighted by atomic mass is 10.1. The Morgan fingerprint density at radius 1 is 1.04 bits per heavy atom. The monoisotopic (exact) mass is 362 g/mol. The maximum atomic E-state index is 12.2. The topological polar surface area (TPSA) is 76.8 Å². The molecule has 0 saturated heterocycles. The molecule has 0 unspecified atom stereocenters. The highest BCUT2D eigenvalue weighted by molar-refractivity contribution is 5.55. The molecule has 3 aromatic rings. The number of nitrogens with zero attached hydrogens (tertiary/aromatic N) is 2. The van der Waals surface area contributed by atoms with E-state index in [9.17, 15) is 13.2 Å². The van der Waals surface area contributed by atoms with E-state index in [0.717, 1.165) is 6.42 Å². The minimum absolute atomic E-state index is 0.295. The second-order valence-electron chi connectivity index (χ2n) is 5.75. The van der Waals surface area contributed by atoms with E-state index >= 15 is 0 Å². The summed E-state index contributed by atoms with van der Waals surface area (Å²) in [6.45, 7) is 0. The first-order valence-electron chi connectivity index (χ1n) is 7.99.